The largest absolute Gasteiger partial charge is 0.424 e. The van der Waals surface area contributed by atoms with Crippen LogP contribution in [0, 0.1) is 0 Å². The molecule has 1 aromatic rings. The number of hydrogen-bond acceptors (Lipinski definition) is 4. The van der Waals surface area contributed by atoms with Gasteiger partial charge in [-0.1, -0.05) is 6.42 Å². The van der Waals surface area contributed by atoms with Crippen LogP contribution >= 0.6 is 0 Å². The van der Waals surface area contributed by atoms with E-state index in [1.165, 1.54) is 19.3 Å². The molecule has 11 heavy (non-hydrogen) atoms. The molecule has 0 amide bonds. The molecule has 0 unspecified atom stereocenters. The molecule has 0 bridgehead atoms. The summed E-state index contributed by atoms with van der Waals surface area (Å²) >= 11 is 0. The van der Waals surface area contributed by atoms with Gasteiger partial charge in [0.15, 0.2) is 0 Å². The van der Waals surface area contributed by atoms with Crippen LogP contribution in [-0.2, 0) is 6.54 Å². The first kappa shape index (κ1) is 6.79. The summed E-state index contributed by atoms with van der Waals surface area (Å²) in [5.41, 5.74) is 5.33. The molecule has 0 radical (unpaired) electrons. The zero-order valence-electron chi connectivity index (χ0n) is 6.29. The van der Waals surface area contributed by atoms with Crippen molar-refractivity contribution < 1.29 is 4.42 Å². The highest BCUT2D eigenvalue weighted by molar-refractivity contribution is 4.95. The lowest BCUT2D eigenvalue weighted by atomic mass is 9.85. The van der Waals surface area contributed by atoms with E-state index in [0.29, 0.717) is 18.4 Å². The van der Waals surface area contributed by atoms with Gasteiger partial charge < -0.3 is 10.2 Å². The fraction of sp³-hybridized carbons (Fsp3) is 0.714. The van der Waals surface area contributed by atoms with Crippen molar-refractivity contribution in [2.24, 2.45) is 5.73 Å². The number of nitrogens with zero attached hydrogens (tertiary/aromatic N) is 2. The topological polar surface area (TPSA) is 64.9 Å². The minimum atomic E-state index is 0.347. The predicted octanol–water partition coefficient (Wildman–Crippen LogP) is 0.796. The lowest BCUT2D eigenvalue weighted by Crippen LogP contribution is -2.08. The molecule has 1 aliphatic carbocycles. The van der Waals surface area contributed by atoms with E-state index in [4.69, 9.17) is 10.2 Å². The van der Waals surface area contributed by atoms with Crippen molar-refractivity contribution >= 4 is 0 Å². The SMILES string of the molecule is NCc1nnc(C2CCC2)o1. The van der Waals surface area contributed by atoms with E-state index < -0.39 is 0 Å². The first-order valence-electron chi connectivity index (χ1n) is 3.92. The maximum Gasteiger partial charge on any atom is 0.230 e. The van der Waals surface area contributed by atoms with Gasteiger partial charge in [-0.15, -0.1) is 10.2 Å². The Morgan fingerprint density at radius 3 is 2.73 bits per heavy atom. The molecule has 60 valence electrons. The van der Waals surface area contributed by atoms with Crippen molar-refractivity contribution in [2.75, 3.05) is 0 Å². The maximum absolute atomic E-state index is 5.33. The molecule has 1 saturated carbocycles. The zero-order valence-corrected chi connectivity index (χ0v) is 6.29. The summed E-state index contributed by atoms with van der Waals surface area (Å²) in [6.07, 6.45) is 3.66. The van der Waals surface area contributed by atoms with Crippen molar-refractivity contribution in [3.63, 3.8) is 0 Å². The van der Waals surface area contributed by atoms with Crippen molar-refractivity contribution in [3.8, 4) is 0 Å². The highest BCUT2D eigenvalue weighted by Crippen LogP contribution is 2.35. The summed E-state index contributed by atoms with van der Waals surface area (Å²) < 4.78 is 5.29. The average Bonchev–Trinajstić information content (AvgIpc) is 2.32. The van der Waals surface area contributed by atoms with Crippen LogP contribution in [0.1, 0.15) is 37.0 Å². The molecule has 2 N–H and O–H groups in total. The molecular formula is C7H11N3O. The normalized spacial score (nSPS) is 18.3. The lowest BCUT2D eigenvalue weighted by Gasteiger charge is -2.20. The van der Waals surface area contributed by atoms with Crippen LogP contribution in [0.2, 0.25) is 0 Å². The second kappa shape index (κ2) is 2.62. The Balaban J connectivity index is 2.11. The second-order valence-corrected chi connectivity index (χ2v) is 2.87. The van der Waals surface area contributed by atoms with Crippen molar-refractivity contribution in [3.05, 3.63) is 11.8 Å². The third-order valence-corrected chi connectivity index (χ3v) is 2.11. The highest BCUT2D eigenvalue weighted by Gasteiger charge is 2.24. The van der Waals surface area contributed by atoms with Gasteiger partial charge in [0.25, 0.3) is 0 Å². The Morgan fingerprint density at radius 1 is 1.45 bits per heavy atom. The lowest BCUT2D eigenvalue weighted by molar-refractivity contribution is 0.325. The molecule has 0 atom stereocenters. The Labute approximate surface area is 64.8 Å². The Kier molecular flexibility index (Phi) is 1.62. The summed E-state index contributed by atoms with van der Waals surface area (Å²) in [6, 6.07) is 0. The fourth-order valence-corrected chi connectivity index (χ4v) is 1.17. The first-order chi connectivity index (χ1) is 5.40. The van der Waals surface area contributed by atoms with Crippen LogP contribution in [0.3, 0.4) is 0 Å². The monoisotopic (exact) mass is 153 g/mol. The second-order valence-electron chi connectivity index (χ2n) is 2.87. The highest BCUT2D eigenvalue weighted by atomic mass is 16.4. The van der Waals surface area contributed by atoms with Gasteiger partial charge in [0.05, 0.1) is 6.54 Å². The number of rotatable bonds is 2. The zero-order chi connectivity index (χ0) is 7.68. The number of aromatic nitrogens is 2. The molecule has 1 fully saturated rings. The third kappa shape index (κ3) is 1.14. The van der Waals surface area contributed by atoms with Crippen LogP contribution in [0.25, 0.3) is 0 Å². The van der Waals surface area contributed by atoms with E-state index in [0.717, 1.165) is 5.89 Å². The van der Waals surface area contributed by atoms with E-state index in [-0.39, 0.29) is 0 Å². The standard InChI is InChI=1S/C7H11N3O/c8-4-6-9-10-7(11-6)5-2-1-3-5/h5H,1-4,8H2. The van der Waals surface area contributed by atoms with E-state index in [1.54, 1.807) is 0 Å². The molecule has 1 aliphatic rings. The Hall–Kier alpha value is -0.900. The van der Waals surface area contributed by atoms with Gasteiger partial charge in [0.2, 0.25) is 11.8 Å². The summed E-state index contributed by atoms with van der Waals surface area (Å²) in [7, 11) is 0. The molecule has 0 saturated heterocycles. The van der Waals surface area contributed by atoms with Gasteiger partial charge in [-0.05, 0) is 12.8 Å². The minimum absolute atomic E-state index is 0.347. The molecular weight excluding hydrogens is 142 g/mol. The molecule has 1 heterocycles. The molecule has 4 heteroatoms. The van der Waals surface area contributed by atoms with E-state index >= 15 is 0 Å². The summed E-state index contributed by atoms with van der Waals surface area (Å²) in [4.78, 5) is 0. The number of nitrogens with two attached hydrogens (primary N) is 1. The number of hydrogen-bond donors (Lipinski definition) is 1. The van der Waals surface area contributed by atoms with Crippen molar-refractivity contribution in [1.82, 2.24) is 10.2 Å². The molecule has 1 aromatic heterocycles. The van der Waals surface area contributed by atoms with Crippen LogP contribution in [0.15, 0.2) is 4.42 Å². The molecule has 0 aromatic carbocycles. The predicted molar refractivity (Wildman–Crippen MR) is 38.8 cm³/mol. The van der Waals surface area contributed by atoms with E-state index in [2.05, 4.69) is 10.2 Å². The van der Waals surface area contributed by atoms with Crippen molar-refractivity contribution in [1.29, 1.82) is 0 Å². The average molecular weight is 153 g/mol. The smallest absolute Gasteiger partial charge is 0.230 e. The Morgan fingerprint density at radius 2 is 2.27 bits per heavy atom. The molecule has 0 aliphatic heterocycles. The maximum atomic E-state index is 5.33. The van der Waals surface area contributed by atoms with Gasteiger partial charge in [0.1, 0.15) is 0 Å². The van der Waals surface area contributed by atoms with Crippen molar-refractivity contribution in [2.45, 2.75) is 31.7 Å². The van der Waals surface area contributed by atoms with E-state index in [1.807, 2.05) is 0 Å². The quantitative estimate of drug-likeness (QED) is 0.682. The van der Waals surface area contributed by atoms with Gasteiger partial charge in [0, 0.05) is 5.92 Å². The third-order valence-electron chi connectivity index (χ3n) is 2.11. The molecule has 2 rings (SSSR count). The van der Waals surface area contributed by atoms with Crippen LogP contribution in [-0.4, -0.2) is 10.2 Å². The molecule has 4 nitrogen and oxygen atoms in total. The fourth-order valence-electron chi connectivity index (χ4n) is 1.17. The Bertz CT molecular complexity index is 242. The van der Waals surface area contributed by atoms with Crippen LogP contribution in [0.5, 0.6) is 0 Å². The summed E-state index contributed by atoms with van der Waals surface area (Å²) in [5.74, 6) is 1.84. The van der Waals surface area contributed by atoms with Gasteiger partial charge in [-0.3, -0.25) is 0 Å². The summed E-state index contributed by atoms with van der Waals surface area (Å²) in [5, 5.41) is 7.71. The van der Waals surface area contributed by atoms with Crippen LogP contribution in [0.4, 0.5) is 0 Å². The molecule has 0 spiro atoms. The first-order valence-corrected chi connectivity index (χ1v) is 3.92. The van der Waals surface area contributed by atoms with Gasteiger partial charge >= 0.3 is 0 Å². The minimum Gasteiger partial charge on any atom is -0.424 e. The van der Waals surface area contributed by atoms with Crippen LogP contribution < -0.4 is 5.73 Å². The van der Waals surface area contributed by atoms with Gasteiger partial charge in [-0.25, -0.2) is 0 Å². The summed E-state index contributed by atoms with van der Waals surface area (Å²) in [6.45, 7) is 0.347. The van der Waals surface area contributed by atoms with Gasteiger partial charge in [-0.2, -0.15) is 0 Å². The van der Waals surface area contributed by atoms with E-state index in [9.17, 15) is 0 Å².